The van der Waals surface area contributed by atoms with Crippen molar-refractivity contribution >= 4 is 29.2 Å². The predicted octanol–water partition coefficient (Wildman–Crippen LogP) is 1.84. The van der Waals surface area contributed by atoms with E-state index in [0.29, 0.717) is 37.7 Å². The third-order valence-electron chi connectivity index (χ3n) is 5.12. The van der Waals surface area contributed by atoms with Gasteiger partial charge in [-0.3, -0.25) is 9.59 Å². The Morgan fingerprint density at radius 3 is 2.65 bits per heavy atom. The van der Waals surface area contributed by atoms with Crippen LogP contribution in [0.3, 0.4) is 0 Å². The van der Waals surface area contributed by atoms with Crippen LogP contribution >= 0.6 is 0 Å². The first-order valence-corrected chi connectivity index (χ1v) is 9.01. The van der Waals surface area contributed by atoms with Crippen LogP contribution in [-0.4, -0.2) is 47.9 Å². The first kappa shape index (κ1) is 16.8. The fourth-order valence-electron chi connectivity index (χ4n) is 3.60. The third kappa shape index (κ3) is 3.23. The summed E-state index contributed by atoms with van der Waals surface area (Å²) >= 11 is 0. The van der Waals surface area contributed by atoms with Gasteiger partial charge in [-0.25, -0.2) is 9.18 Å². The van der Waals surface area contributed by atoms with Crippen LogP contribution in [0.2, 0.25) is 0 Å². The van der Waals surface area contributed by atoms with E-state index < -0.39 is 17.9 Å². The monoisotopic (exact) mass is 360 g/mol. The van der Waals surface area contributed by atoms with Crippen molar-refractivity contribution in [2.24, 2.45) is 0 Å². The van der Waals surface area contributed by atoms with Crippen molar-refractivity contribution in [3.05, 3.63) is 24.0 Å². The van der Waals surface area contributed by atoms with E-state index in [1.54, 1.807) is 4.90 Å². The summed E-state index contributed by atoms with van der Waals surface area (Å²) in [7, 11) is 0. The van der Waals surface area contributed by atoms with Gasteiger partial charge in [0.25, 0.3) is 0 Å². The summed E-state index contributed by atoms with van der Waals surface area (Å²) in [6.45, 7) is 1.24. The molecule has 2 N–H and O–H groups in total. The van der Waals surface area contributed by atoms with Crippen LogP contribution in [-0.2, 0) is 9.59 Å². The molecule has 26 heavy (non-hydrogen) atoms. The van der Waals surface area contributed by atoms with Crippen molar-refractivity contribution in [1.29, 1.82) is 0 Å². The second-order valence-electron chi connectivity index (χ2n) is 7.02. The third-order valence-corrected chi connectivity index (χ3v) is 5.12. The fourth-order valence-corrected chi connectivity index (χ4v) is 3.60. The van der Waals surface area contributed by atoms with E-state index in [4.69, 9.17) is 0 Å². The van der Waals surface area contributed by atoms with Gasteiger partial charge in [-0.1, -0.05) is 0 Å². The lowest BCUT2D eigenvalue weighted by molar-refractivity contribution is -0.129. The van der Waals surface area contributed by atoms with Gasteiger partial charge in [-0.15, -0.1) is 0 Å². The molecule has 3 fully saturated rings. The highest BCUT2D eigenvalue weighted by atomic mass is 19.1. The van der Waals surface area contributed by atoms with Gasteiger partial charge in [0.2, 0.25) is 11.8 Å². The second-order valence-corrected chi connectivity index (χ2v) is 7.02. The molecule has 0 aromatic heterocycles. The Balaban J connectivity index is 1.41. The van der Waals surface area contributed by atoms with Crippen LogP contribution in [0.1, 0.15) is 32.1 Å². The quantitative estimate of drug-likeness (QED) is 0.860. The number of benzene rings is 1. The summed E-state index contributed by atoms with van der Waals surface area (Å²) < 4.78 is 14.1. The zero-order valence-corrected chi connectivity index (χ0v) is 14.3. The second kappa shape index (κ2) is 6.59. The van der Waals surface area contributed by atoms with Crippen LogP contribution in [0.4, 0.5) is 20.6 Å². The molecule has 2 heterocycles. The molecule has 1 aromatic rings. The molecule has 0 bridgehead atoms. The first-order chi connectivity index (χ1) is 12.5. The molecule has 4 amide bonds. The summed E-state index contributed by atoms with van der Waals surface area (Å²) in [5, 5.41) is 5.09. The zero-order valence-electron chi connectivity index (χ0n) is 14.3. The van der Waals surface area contributed by atoms with Crippen LogP contribution in [0, 0.1) is 5.82 Å². The Morgan fingerprint density at radius 1 is 1.15 bits per heavy atom. The minimum Gasteiger partial charge on any atom is -0.338 e. The number of carbonyl (C=O) groups excluding carboxylic acids is 3. The summed E-state index contributed by atoms with van der Waals surface area (Å²) in [6.07, 6.45) is 3.85. The maximum atomic E-state index is 14.1. The van der Waals surface area contributed by atoms with E-state index in [1.807, 2.05) is 4.90 Å². The molecule has 3 aliphatic rings. The van der Waals surface area contributed by atoms with E-state index in [-0.39, 0.29) is 17.5 Å². The highest BCUT2D eigenvalue weighted by Crippen LogP contribution is 2.31. The summed E-state index contributed by atoms with van der Waals surface area (Å²) in [5.41, 5.74) is 0.547. The van der Waals surface area contributed by atoms with Crippen LogP contribution in [0.5, 0.6) is 0 Å². The Hall–Kier alpha value is -2.64. The number of anilines is 2. The minimum absolute atomic E-state index is 0.0100. The van der Waals surface area contributed by atoms with Gasteiger partial charge < -0.3 is 20.4 Å². The molecule has 8 heteroatoms. The summed E-state index contributed by atoms with van der Waals surface area (Å²) in [5.74, 6) is -0.670. The van der Waals surface area contributed by atoms with Gasteiger partial charge in [0.05, 0.1) is 5.69 Å². The number of carbonyl (C=O) groups is 3. The number of likely N-dealkylation sites (tertiary alicyclic amines) is 1. The van der Waals surface area contributed by atoms with Gasteiger partial charge in [0.1, 0.15) is 11.9 Å². The average Bonchev–Trinajstić information content (AvgIpc) is 3.27. The largest absolute Gasteiger partial charge is 0.338 e. The van der Waals surface area contributed by atoms with Crippen molar-refractivity contribution in [2.45, 2.75) is 44.2 Å². The minimum atomic E-state index is -0.621. The maximum absolute atomic E-state index is 14.1. The number of hydrogen-bond donors (Lipinski definition) is 2. The highest BCUT2D eigenvalue weighted by molar-refractivity contribution is 5.98. The lowest BCUT2D eigenvalue weighted by Gasteiger charge is -2.18. The molecule has 1 aromatic carbocycles. The van der Waals surface area contributed by atoms with Gasteiger partial charge in [-0.05, 0) is 43.9 Å². The molecule has 0 spiro atoms. The first-order valence-electron chi connectivity index (χ1n) is 9.01. The van der Waals surface area contributed by atoms with Crippen LogP contribution < -0.4 is 15.5 Å². The lowest BCUT2D eigenvalue weighted by atomic mass is 10.2. The van der Waals surface area contributed by atoms with Crippen molar-refractivity contribution in [1.82, 2.24) is 10.2 Å². The SMILES string of the molecule is O=C(Nc1cc(N2CCCC2=O)ccc1F)NC1CCN(C2CC2)C1=O. The van der Waals surface area contributed by atoms with Crippen molar-refractivity contribution in [3.8, 4) is 0 Å². The average molecular weight is 360 g/mol. The van der Waals surface area contributed by atoms with Crippen molar-refractivity contribution < 1.29 is 18.8 Å². The fraction of sp³-hybridized carbons (Fsp3) is 0.500. The number of nitrogens with zero attached hydrogens (tertiary/aromatic N) is 2. The van der Waals surface area contributed by atoms with Crippen LogP contribution in [0.15, 0.2) is 18.2 Å². The maximum Gasteiger partial charge on any atom is 0.319 e. The summed E-state index contributed by atoms with van der Waals surface area (Å²) in [6, 6.07) is 3.34. The normalized spacial score (nSPS) is 22.9. The molecule has 2 aliphatic heterocycles. The predicted molar refractivity (Wildman–Crippen MR) is 93.3 cm³/mol. The van der Waals surface area contributed by atoms with E-state index in [9.17, 15) is 18.8 Å². The Bertz CT molecular complexity index is 765. The Labute approximate surface area is 150 Å². The molecule has 138 valence electrons. The van der Waals surface area contributed by atoms with Crippen LogP contribution in [0.25, 0.3) is 0 Å². The molecule has 1 saturated carbocycles. The number of rotatable bonds is 4. The number of halogens is 1. The van der Waals surface area contributed by atoms with Gasteiger partial charge in [-0.2, -0.15) is 0 Å². The topological polar surface area (TPSA) is 81.8 Å². The van der Waals surface area contributed by atoms with E-state index in [1.165, 1.54) is 18.2 Å². The number of hydrogen-bond acceptors (Lipinski definition) is 3. The lowest BCUT2D eigenvalue weighted by Crippen LogP contribution is -2.43. The molecule has 1 aliphatic carbocycles. The van der Waals surface area contributed by atoms with Gasteiger partial charge in [0, 0.05) is 31.2 Å². The van der Waals surface area contributed by atoms with Crippen molar-refractivity contribution in [2.75, 3.05) is 23.3 Å². The molecule has 0 radical (unpaired) electrons. The van der Waals surface area contributed by atoms with E-state index in [2.05, 4.69) is 10.6 Å². The summed E-state index contributed by atoms with van der Waals surface area (Å²) in [4.78, 5) is 39.7. The number of urea groups is 1. The smallest absolute Gasteiger partial charge is 0.319 e. The molecule has 2 saturated heterocycles. The molecule has 1 unspecified atom stereocenters. The zero-order chi connectivity index (χ0) is 18.3. The highest BCUT2D eigenvalue weighted by Gasteiger charge is 2.40. The standard InChI is InChI=1S/C18H21FN4O3/c19-13-6-5-12(22-8-1-2-16(22)24)10-15(13)21-18(26)20-14-7-9-23(17(14)25)11-3-4-11/h5-6,10-11,14H,1-4,7-9H2,(H2,20,21,26). The Kier molecular flexibility index (Phi) is 4.26. The number of amides is 4. The molecular weight excluding hydrogens is 339 g/mol. The Morgan fingerprint density at radius 2 is 1.96 bits per heavy atom. The van der Waals surface area contributed by atoms with Crippen molar-refractivity contribution in [3.63, 3.8) is 0 Å². The molecule has 1 atom stereocenters. The van der Waals surface area contributed by atoms with Gasteiger partial charge >= 0.3 is 6.03 Å². The van der Waals surface area contributed by atoms with Gasteiger partial charge in [0.15, 0.2) is 0 Å². The molecule has 4 rings (SSSR count). The molecular formula is C18H21FN4O3. The number of nitrogens with one attached hydrogen (secondary N) is 2. The molecule has 7 nitrogen and oxygen atoms in total. The van der Waals surface area contributed by atoms with E-state index in [0.717, 1.165) is 19.3 Å². The van der Waals surface area contributed by atoms with E-state index >= 15 is 0 Å².